The van der Waals surface area contributed by atoms with Gasteiger partial charge in [-0.3, -0.25) is 0 Å². The first-order chi connectivity index (χ1) is 9.20. The Bertz CT molecular complexity index is 627. The summed E-state index contributed by atoms with van der Waals surface area (Å²) < 4.78 is 32.3. The van der Waals surface area contributed by atoms with Crippen molar-refractivity contribution >= 4 is 27.7 Å². The summed E-state index contributed by atoms with van der Waals surface area (Å²) in [5.41, 5.74) is 4.46. The van der Waals surface area contributed by atoms with E-state index in [9.17, 15) is 32.8 Å². The fraction of sp³-hybridized carbons (Fsp3) is 0.200. The minimum Gasteiger partial charge on any atom is -0.744 e. The number of carboxylic acids is 2. The van der Waals surface area contributed by atoms with Gasteiger partial charge < -0.3 is 29.8 Å². The van der Waals surface area contributed by atoms with Crippen LogP contribution in [0.5, 0.6) is 0 Å². The van der Waals surface area contributed by atoms with E-state index in [0.717, 1.165) is 12.1 Å². The Morgan fingerprint density at radius 1 is 1.13 bits per heavy atom. The average Bonchev–Trinajstić information content (AvgIpc) is 2.33. The minimum absolute atomic E-state index is 0. The van der Waals surface area contributed by atoms with Crippen LogP contribution < -0.4 is 110 Å². The average molecular weight is 370 g/mol. The molecule has 1 aromatic carbocycles. The second-order valence-electron chi connectivity index (χ2n) is 3.70. The molecule has 13 heteroatoms. The van der Waals surface area contributed by atoms with Crippen molar-refractivity contribution in [1.82, 2.24) is 5.43 Å². The molecular weight excluding hydrogens is 361 g/mol. The number of aliphatic carboxylic acids is 2. The van der Waals surface area contributed by atoms with E-state index in [4.69, 9.17) is 0 Å². The molecule has 0 amide bonds. The van der Waals surface area contributed by atoms with Crippen molar-refractivity contribution in [2.75, 3.05) is 5.43 Å². The molecule has 23 heavy (non-hydrogen) atoms. The van der Waals surface area contributed by atoms with Crippen LogP contribution in [0.4, 0.5) is 5.69 Å². The first-order valence-electron chi connectivity index (χ1n) is 5.18. The van der Waals surface area contributed by atoms with Gasteiger partial charge in [0.2, 0.25) is 0 Å². The van der Waals surface area contributed by atoms with Crippen LogP contribution in [0, 0.1) is 0 Å². The molecule has 0 saturated carbocycles. The summed E-state index contributed by atoms with van der Waals surface area (Å²) >= 11 is 0. The largest absolute Gasteiger partial charge is 1.00 e. The molecule has 0 aliphatic heterocycles. The van der Waals surface area contributed by atoms with E-state index in [1.54, 1.807) is 0 Å². The Balaban J connectivity index is -0.00000133. The molecule has 0 heterocycles. The van der Waals surface area contributed by atoms with Crippen LogP contribution in [0.1, 0.15) is 6.42 Å². The summed E-state index contributed by atoms with van der Waals surface area (Å²) in [7, 11) is -4.65. The molecule has 0 bridgehead atoms. The predicted molar refractivity (Wildman–Crippen MR) is 59.6 cm³/mol. The number of hydrazine groups is 1. The maximum atomic E-state index is 10.8. The third-order valence-electron chi connectivity index (χ3n) is 2.17. The van der Waals surface area contributed by atoms with Crippen LogP contribution in [0.25, 0.3) is 0 Å². The second kappa shape index (κ2) is 13.1. The van der Waals surface area contributed by atoms with Crippen LogP contribution in [-0.2, 0) is 19.7 Å². The maximum absolute atomic E-state index is 10.8. The fourth-order valence-electron chi connectivity index (χ4n) is 1.26. The van der Waals surface area contributed by atoms with E-state index >= 15 is 0 Å². The number of nitrogens with one attached hydrogen (secondary N) is 2. The second-order valence-corrected chi connectivity index (χ2v) is 5.08. The molecule has 1 unspecified atom stereocenters. The normalized spacial score (nSPS) is 11.0. The number of hydrogen-bond acceptors (Lipinski definition) is 9. The Kier molecular flexibility index (Phi) is 16.3. The van der Waals surface area contributed by atoms with E-state index < -0.39 is 39.4 Å². The number of anilines is 1. The monoisotopic (exact) mass is 370 g/mol. The summed E-state index contributed by atoms with van der Waals surface area (Å²) in [5, 5.41) is 21.0. The molecule has 0 spiro atoms. The van der Waals surface area contributed by atoms with Gasteiger partial charge >= 0.3 is 88.7 Å². The molecule has 0 saturated heterocycles. The molecule has 1 atom stereocenters. The van der Waals surface area contributed by atoms with Crippen LogP contribution in [0.3, 0.4) is 0 Å². The van der Waals surface area contributed by atoms with Crippen molar-refractivity contribution < 1.29 is 121 Å². The Hall–Kier alpha value is 0.830. The molecule has 0 aliphatic carbocycles. The van der Waals surface area contributed by atoms with Gasteiger partial charge in [0, 0.05) is 18.1 Å². The van der Waals surface area contributed by atoms with Gasteiger partial charge in [0.15, 0.2) is 0 Å². The first kappa shape index (κ1) is 28.6. The summed E-state index contributed by atoms with van der Waals surface area (Å²) in [6.07, 6.45) is -0.852. The molecule has 110 valence electrons. The van der Waals surface area contributed by atoms with Crippen molar-refractivity contribution in [3.05, 3.63) is 24.3 Å². The SMILES string of the molecule is O=C([O-])CC(NNc1cccc(S(=O)(=O)[O-])c1)C(=O)[O-].[Na+].[Na+].[Na+]. The Labute approximate surface area is 199 Å². The molecule has 1 aromatic rings. The summed E-state index contributed by atoms with van der Waals surface area (Å²) in [6, 6.07) is 3.02. The topological polar surface area (TPSA) is 162 Å². The summed E-state index contributed by atoms with van der Waals surface area (Å²) in [5.74, 6) is -3.29. The van der Waals surface area contributed by atoms with E-state index in [-0.39, 0.29) is 94.4 Å². The van der Waals surface area contributed by atoms with Crippen molar-refractivity contribution in [3.8, 4) is 0 Å². The fourth-order valence-corrected chi connectivity index (χ4v) is 1.78. The standard InChI is InChI=1S/C10H12N2O7S.3Na/c13-9(14)5-8(10(15)16)12-11-6-2-1-3-7(4-6)20(17,18)19;;;/h1-4,8,11-12H,5H2,(H,13,14)(H,15,16)(H,17,18,19);;;/q;3*+1/p-3. The van der Waals surface area contributed by atoms with Crippen molar-refractivity contribution in [1.29, 1.82) is 0 Å². The van der Waals surface area contributed by atoms with Crippen molar-refractivity contribution in [3.63, 3.8) is 0 Å². The van der Waals surface area contributed by atoms with E-state index in [1.165, 1.54) is 12.1 Å². The zero-order valence-electron chi connectivity index (χ0n) is 12.9. The van der Waals surface area contributed by atoms with Crippen LogP contribution in [0.15, 0.2) is 29.2 Å². The van der Waals surface area contributed by atoms with Gasteiger partial charge in [-0.2, -0.15) is 0 Å². The Morgan fingerprint density at radius 2 is 1.70 bits per heavy atom. The van der Waals surface area contributed by atoms with Crippen molar-refractivity contribution in [2.24, 2.45) is 0 Å². The third kappa shape index (κ3) is 11.1. The number of carboxylic acid groups (broad SMARTS) is 2. The molecular formula is C10H9N2Na3O7S. The van der Waals surface area contributed by atoms with Gasteiger partial charge in [-0.05, 0) is 18.2 Å². The van der Waals surface area contributed by atoms with E-state index in [0.29, 0.717) is 0 Å². The van der Waals surface area contributed by atoms with Gasteiger partial charge in [-0.15, -0.1) is 0 Å². The summed E-state index contributed by atoms with van der Waals surface area (Å²) in [4.78, 5) is 20.4. The quantitative estimate of drug-likeness (QED) is 0.270. The number of carbonyl (C=O) groups excluding carboxylic acids is 2. The van der Waals surface area contributed by atoms with Gasteiger partial charge in [0.05, 0.1) is 16.9 Å². The zero-order chi connectivity index (χ0) is 15.3. The van der Waals surface area contributed by atoms with Gasteiger partial charge in [0.25, 0.3) is 0 Å². The number of hydrogen-bond donors (Lipinski definition) is 2. The van der Waals surface area contributed by atoms with Crippen LogP contribution in [0.2, 0.25) is 0 Å². The number of rotatable bonds is 7. The van der Waals surface area contributed by atoms with Gasteiger partial charge in [-0.1, -0.05) is 6.07 Å². The predicted octanol–water partition coefficient (Wildman–Crippen LogP) is -12.2. The zero-order valence-corrected chi connectivity index (χ0v) is 19.7. The van der Waals surface area contributed by atoms with E-state index in [2.05, 4.69) is 10.9 Å². The first-order valence-corrected chi connectivity index (χ1v) is 6.59. The van der Waals surface area contributed by atoms with Gasteiger partial charge in [0.1, 0.15) is 10.1 Å². The van der Waals surface area contributed by atoms with Crippen LogP contribution >= 0.6 is 0 Å². The molecule has 1 rings (SSSR count). The molecule has 9 nitrogen and oxygen atoms in total. The molecule has 0 fully saturated rings. The summed E-state index contributed by atoms with van der Waals surface area (Å²) in [6.45, 7) is 0. The molecule has 0 aliphatic rings. The third-order valence-corrected chi connectivity index (χ3v) is 3.00. The van der Waals surface area contributed by atoms with E-state index in [1.807, 2.05) is 0 Å². The molecule has 0 radical (unpaired) electrons. The van der Waals surface area contributed by atoms with Gasteiger partial charge in [-0.25, -0.2) is 13.8 Å². The number of benzene rings is 1. The minimum atomic E-state index is -4.65. The molecule has 0 aromatic heterocycles. The van der Waals surface area contributed by atoms with Crippen molar-refractivity contribution in [2.45, 2.75) is 17.4 Å². The number of carbonyl (C=O) groups is 2. The Morgan fingerprint density at radius 3 is 2.13 bits per heavy atom. The molecule has 2 N–H and O–H groups in total. The maximum Gasteiger partial charge on any atom is 1.00 e. The van der Waals surface area contributed by atoms with Crippen LogP contribution in [-0.4, -0.2) is 31.0 Å². The smallest absolute Gasteiger partial charge is 0.744 e.